The molecule has 0 aromatic carbocycles. The van der Waals surface area contributed by atoms with Crippen LogP contribution in [0.25, 0.3) is 0 Å². The van der Waals surface area contributed by atoms with Crippen LogP contribution in [-0.2, 0) is 4.57 Å². The molecule has 0 fully saturated rings. The number of aliphatic hydroxyl groups is 1. The van der Waals surface area contributed by atoms with Crippen molar-refractivity contribution in [2.75, 3.05) is 11.9 Å². The topological polar surface area (TPSA) is 133 Å². The van der Waals surface area contributed by atoms with E-state index in [0.29, 0.717) is 0 Å². The van der Waals surface area contributed by atoms with Gasteiger partial charge in [-0.2, -0.15) is 0 Å². The van der Waals surface area contributed by atoms with Gasteiger partial charge in [-0.3, -0.25) is 0 Å². The zero-order chi connectivity index (χ0) is 9.49. The van der Waals surface area contributed by atoms with Crippen LogP contribution in [0.1, 0.15) is 0 Å². The van der Waals surface area contributed by atoms with Crippen LogP contribution in [0.2, 0.25) is 0 Å². The predicted octanol–water partition coefficient (Wildman–Crippen LogP) is 0.370. The molecule has 0 saturated carbocycles. The van der Waals surface area contributed by atoms with Crippen molar-refractivity contribution < 1.29 is 24.4 Å². The highest BCUT2D eigenvalue weighted by Gasteiger charge is 2.00. The van der Waals surface area contributed by atoms with Crippen molar-refractivity contribution in [1.29, 1.82) is 0 Å². The summed E-state index contributed by atoms with van der Waals surface area (Å²) in [5.74, 6) is 0. The minimum Gasteiger partial charge on any atom is -0.395 e. The fourth-order valence-electron chi connectivity index (χ4n) is 0.0488. The monoisotopic (exact) mass is 331 g/mol. The first-order chi connectivity index (χ1) is 4.81. The molecule has 1 atom stereocenters. The second-order valence-corrected chi connectivity index (χ2v) is 4.42. The number of alkyl halides is 2. The van der Waals surface area contributed by atoms with Gasteiger partial charge in [0.1, 0.15) is 0 Å². The standard InChI is InChI=1S/C3H6Br2O.H3N.H3O4P/c4-1-3(5)2-6;;1-5(2,3)4/h3,6H,1-2H2;1H3;(H3,1,2,3,4). The second-order valence-electron chi connectivity index (χ2n) is 1.45. The fourth-order valence-corrected chi connectivity index (χ4v) is 0.254. The number of hydrogen-bond donors (Lipinski definition) is 5. The molecule has 1 unspecified atom stereocenters. The lowest BCUT2D eigenvalue weighted by Gasteiger charge is -1.94. The molecule has 9 heteroatoms. The first kappa shape index (κ1) is 18.7. The van der Waals surface area contributed by atoms with E-state index in [2.05, 4.69) is 31.9 Å². The highest BCUT2D eigenvalue weighted by atomic mass is 79.9. The molecule has 6 nitrogen and oxygen atoms in total. The molecule has 0 aliphatic heterocycles. The molecule has 12 heavy (non-hydrogen) atoms. The molecule has 0 heterocycles. The molecular weight excluding hydrogens is 321 g/mol. The molecular formula is C3H12Br2NO5P. The quantitative estimate of drug-likeness (QED) is 0.366. The van der Waals surface area contributed by atoms with Crippen LogP contribution in [0.15, 0.2) is 0 Å². The summed E-state index contributed by atoms with van der Waals surface area (Å²) >= 11 is 6.35. The summed E-state index contributed by atoms with van der Waals surface area (Å²) in [6, 6.07) is 0. The van der Waals surface area contributed by atoms with E-state index in [0.717, 1.165) is 5.33 Å². The van der Waals surface area contributed by atoms with Crippen LogP contribution in [0, 0.1) is 0 Å². The highest BCUT2D eigenvalue weighted by Crippen LogP contribution is 2.25. The number of halogens is 2. The molecule has 0 saturated heterocycles. The van der Waals surface area contributed by atoms with Gasteiger partial charge in [0, 0.05) is 10.2 Å². The van der Waals surface area contributed by atoms with E-state index < -0.39 is 7.82 Å². The molecule has 0 aromatic heterocycles. The van der Waals surface area contributed by atoms with E-state index in [1.807, 2.05) is 0 Å². The van der Waals surface area contributed by atoms with Gasteiger partial charge in [-0.1, -0.05) is 31.9 Å². The van der Waals surface area contributed by atoms with E-state index in [9.17, 15) is 0 Å². The lowest BCUT2D eigenvalue weighted by atomic mass is 10.5. The first-order valence-corrected chi connectivity index (χ1v) is 6.00. The van der Waals surface area contributed by atoms with Crippen molar-refractivity contribution in [3.05, 3.63) is 0 Å². The summed E-state index contributed by atoms with van der Waals surface area (Å²) in [5, 5.41) is 9.07. The Morgan fingerprint density at radius 1 is 1.33 bits per heavy atom. The molecule has 0 aromatic rings. The Kier molecular flexibility index (Phi) is 15.7. The smallest absolute Gasteiger partial charge is 0.395 e. The van der Waals surface area contributed by atoms with Crippen LogP contribution < -0.4 is 6.15 Å². The van der Waals surface area contributed by atoms with E-state index >= 15 is 0 Å². The summed E-state index contributed by atoms with van der Waals surface area (Å²) < 4.78 is 8.88. The zero-order valence-electron chi connectivity index (χ0n) is 6.10. The minimum atomic E-state index is -4.64. The summed E-state index contributed by atoms with van der Waals surface area (Å²) in [5.41, 5.74) is 0. The number of hydrogen-bond acceptors (Lipinski definition) is 3. The van der Waals surface area contributed by atoms with Crippen molar-refractivity contribution in [1.82, 2.24) is 6.15 Å². The van der Waals surface area contributed by atoms with Crippen LogP contribution >= 0.6 is 39.7 Å². The van der Waals surface area contributed by atoms with Gasteiger partial charge in [-0.25, -0.2) is 4.57 Å². The van der Waals surface area contributed by atoms with Gasteiger partial charge < -0.3 is 25.9 Å². The lowest BCUT2D eigenvalue weighted by molar-refractivity contribution is 0.275. The van der Waals surface area contributed by atoms with E-state index in [4.69, 9.17) is 24.4 Å². The fraction of sp³-hybridized carbons (Fsp3) is 1.00. The largest absolute Gasteiger partial charge is 0.466 e. The molecule has 78 valence electrons. The van der Waals surface area contributed by atoms with E-state index in [-0.39, 0.29) is 17.6 Å². The Labute approximate surface area is 87.1 Å². The second kappa shape index (κ2) is 10.1. The zero-order valence-corrected chi connectivity index (χ0v) is 10.2. The molecule has 0 aliphatic rings. The maximum atomic E-state index is 8.88. The molecule has 0 bridgehead atoms. The Morgan fingerprint density at radius 3 is 1.58 bits per heavy atom. The maximum absolute atomic E-state index is 8.88. The Morgan fingerprint density at radius 2 is 1.58 bits per heavy atom. The van der Waals surface area contributed by atoms with Gasteiger partial charge in [-0.15, -0.1) is 0 Å². The SMILES string of the molecule is N.O=P(O)(O)O.OCC(Br)CBr. The van der Waals surface area contributed by atoms with Crippen molar-refractivity contribution in [2.45, 2.75) is 4.83 Å². The number of aliphatic hydroxyl groups excluding tert-OH is 1. The third-order valence-electron chi connectivity index (χ3n) is 0.366. The van der Waals surface area contributed by atoms with Gasteiger partial charge >= 0.3 is 7.82 Å². The van der Waals surface area contributed by atoms with Crippen LogP contribution in [0.5, 0.6) is 0 Å². The third-order valence-corrected chi connectivity index (χ3v) is 2.63. The van der Waals surface area contributed by atoms with Crippen LogP contribution in [0.3, 0.4) is 0 Å². The molecule has 0 aliphatic carbocycles. The summed E-state index contributed by atoms with van der Waals surface area (Å²) in [6.45, 7) is 0.200. The first-order valence-electron chi connectivity index (χ1n) is 2.40. The van der Waals surface area contributed by atoms with E-state index in [1.165, 1.54) is 0 Å². The van der Waals surface area contributed by atoms with Crippen molar-refractivity contribution in [2.24, 2.45) is 0 Å². The Hall–Kier alpha value is 0.990. The van der Waals surface area contributed by atoms with Gasteiger partial charge in [0.15, 0.2) is 0 Å². The predicted molar refractivity (Wildman–Crippen MR) is 52.9 cm³/mol. The van der Waals surface area contributed by atoms with Crippen LogP contribution in [-0.4, -0.2) is 36.6 Å². The average molecular weight is 333 g/mol. The van der Waals surface area contributed by atoms with Crippen molar-refractivity contribution >= 4 is 39.7 Å². The lowest BCUT2D eigenvalue weighted by Crippen LogP contribution is -2.03. The summed E-state index contributed by atoms with van der Waals surface area (Å²) in [6.07, 6.45) is 0. The molecule has 0 rings (SSSR count). The van der Waals surface area contributed by atoms with Gasteiger partial charge in [0.25, 0.3) is 0 Å². The Balaban J connectivity index is -0.000000126. The van der Waals surface area contributed by atoms with Gasteiger partial charge in [0.2, 0.25) is 0 Å². The van der Waals surface area contributed by atoms with Crippen LogP contribution in [0.4, 0.5) is 0 Å². The van der Waals surface area contributed by atoms with Gasteiger partial charge in [0.05, 0.1) is 6.61 Å². The Bertz CT molecular complexity index is 118. The molecule has 0 amide bonds. The summed E-state index contributed by atoms with van der Waals surface area (Å²) in [4.78, 5) is 21.8. The minimum absolute atomic E-state index is 0. The van der Waals surface area contributed by atoms with E-state index in [1.54, 1.807) is 0 Å². The third kappa shape index (κ3) is 44.0. The van der Waals surface area contributed by atoms with Crippen molar-refractivity contribution in [3.8, 4) is 0 Å². The average Bonchev–Trinajstić information content (AvgIpc) is 1.83. The highest BCUT2D eigenvalue weighted by molar-refractivity contribution is 9.12. The number of phosphoric acid groups is 1. The van der Waals surface area contributed by atoms with Crippen molar-refractivity contribution in [3.63, 3.8) is 0 Å². The molecule has 7 N–H and O–H groups in total. The normalized spacial score (nSPS) is 12.2. The number of rotatable bonds is 2. The van der Waals surface area contributed by atoms with Gasteiger partial charge in [-0.05, 0) is 0 Å². The molecule has 0 spiro atoms. The summed E-state index contributed by atoms with van der Waals surface area (Å²) in [7, 11) is -4.64. The molecule has 0 radical (unpaired) electrons. The maximum Gasteiger partial charge on any atom is 0.466 e.